The number of ether oxygens (including phenoxy) is 2. The van der Waals surface area contributed by atoms with Crippen LogP contribution in [0, 0.1) is 6.92 Å². The summed E-state index contributed by atoms with van der Waals surface area (Å²) in [6.45, 7) is 4.10. The number of hydrogen-bond donors (Lipinski definition) is 1. The highest BCUT2D eigenvalue weighted by Gasteiger charge is 2.24. The maximum absolute atomic E-state index is 6.56. The lowest BCUT2D eigenvalue weighted by atomic mass is 9.86. The van der Waals surface area contributed by atoms with Crippen LogP contribution in [0.25, 0.3) is 0 Å². The molecular weight excluding hydrogens is 262 g/mol. The van der Waals surface area contributed by atoms with Gasteiger partial charge in [-0.3, -0.25) is 0 Å². The third-order valence-corrected chi connectivity index (χ3v) is 3.72. The number of nitrogens with two attached hydrogens (primary N) is 1. The summed E-state index contributed by atoms with van der Waals surface area (Å²) >= 11 is 0. The molecule has 0 amide bonds. The first-order valence-corrected chi connectivity index (χ1v) is 7.03. The van der Waals surface area contributed by atoms with Gasteiger partial charge in [0.2, 0.25) is 0 Å². The fourth-order valence-electron chi connectivity index (χ4n) is 2.52. The van der Waals surface area contributed by atoms with Gasteiger partial charge in [-0.1, -0.05) is 29.8 Å². The number of methoxy groups -OCH3 is 2. The van der Waals surface area contributed by atoms with Crippen molar-refractivity contribution in [3.8, 4) is 11.5 Å². The van der Waals surface area contributed by atoms with E-state index in [-0.39, 0.29) is 0 Å². The van der Waals surface area contributed by atoms with Gasteiger partial charge in [-0.2, -0.15) is 0 Å². The van der Waals surface area contributed by atoms with Gasteiger partial charge in [0.15, 0.2) is 0 Å². The standard InChI is InChI=1S/C18H23NO2/c1-13-8-9-17(21-4)14(10-13)12-18(2,19)15-6-5-7-16(11-15)20-3/h5-11H,12,19H2,1-4H3. The van der Waals surface area contributed by atoms with Gasteiger partial charge < -0.3 is 15.2 Å². The van der Waals surface area contributed by atoms with Crippen LogP contribution in [0.4, 0.5) is 0 Å². The van der Waals surface area contributed by atoms with E-state index >= 15 is 0 Å². The van der Waals surface area contributed by atoms with Gasteiger partial charge in [-0.05, 0) is 49.6 Å². The molecule has 1 atom stereocenters. The number of rotatable bonds is 5. The summed E-state index contributed by atoms with van der Waals surface area (Å²) in [5.41, 5.74) is 9.43. The van der Waals surface area contributed by atoms with E-state index in [1.165, 1.54) is 5.56 Å². The molecule has 0 aromatic heterocycles. The lowest BCUT2D eigenvalue weighted by Gasteiger charge is -2.27. The van der Waals surface area contributed by atoms with Gasteiger partial charge in [0.1, 0.15) is 11.5 Å². The monoisotopic (exact) mass is 285 g/mol. The Balaban J connectivity index is 2.34. The zero-order valence-corrected chi connectivity index (χ0v) is 13.1. The molecule has 0 heterocycles. The SMILES string of the molecule is COc1cccc(C(C)(N)Cc2cc(C)ccc2OC)c1. The molecule has 0 radical (unpaired) electrons. The van der Waals surface area contributed by atoms with Crippen LogP contribution >= 0.6 is 0 Å². The zero-order valence-electron chi connectivity index (χ0n) is 13.1. The van der Waals surface area contributed by atoms with E-state index in [0.29, 0.717) is 6.42 Å². The molecule has 0 fully saturated rings. The van der Waals surface area contributed by atoms with Gasteiger partial charge in [-0.25, -0.2) is 0 Å². The molecule has 0 saturated carbocycles. The van der Waals surface area contributed by atoms with Crippen LogP contribution < -0.4 is 15.2 Å². The van der Waals surface area contributed by atoms with Crippen LogP contribution in [0.3, 0.4) is 0 Å². The molecule has 3 heteroatoms. The first-order valence-electron chi connectivity index (χ1n) is 7.03. The van der Waals surface area contributed by atoms with Crippen molar-refractivity contribution in [2.75, 3.05) is 14.2 Å². The largest absolute Gasteiger partial charge is 0.497 e. The Hall–Kier alpha value is -2.00. The average molecular weight is 285 g/mol. The van der Waals surface area contributed by atoms with Gasteiger partial charge in [-0.15, -0.1) is 0 Å². The molecule has 3 nitrogen and oxygen atoms in total. The second-order valence-electron chi connectivity index (χ2n) is 5.64. The fourth-order valence-corrected chi connectivity index (χ4v) is 2.52. The lowest BCUT2D eigenvalue weighted by Crippen LogP contribution is -2.35. The summed E-state index contributed by atoms with van der Waals surface area (Å²) in [5, 5.41) is 0. The van der Waals surface area contributed by atoms with Crippen molar-refractivity contribution in [2.45, 2.75) is 25.8 Å². The first kappa shape index (κ1) is 15.4. The van der Waals surface area contributed by atoms with Crippen LogP contribution in [0.5, 0.6) is 11.5 Å². The van der Waals surface area contributed by atoms with Crippen LogP contribution in [0.15, 0.2) is 42.5 Å². The summed E-state index contributed by atoms with van der Waals surface area (Å²) < 4.78 is 10.7. The lowest BCUT2D eigenvalue weighted by molar-refractivity contribution is 0.397. The highest BCUT2D eigenvalue weighted by Crippen LogP contribution is 2.30. The Labute approximate surface area is 126 Å². The molecule has 0 spiro atoms. The number of hydrogen-bond acceptors (Lipinski definition) is 3. The molecule has 2 aromatic carbocycles. The normalized spacial score (nSPS) is 13.6. The van der Waals surface area contributed by atoms with Gasteiger partial charge in [0.25, 0.3) is 0 Å². The summed E-state index contributed by atoms with van der Waals surface area (Å²) in [6.07, 6.45) is 0.699. The van der Waals surface area contributed by atoms with E-state index in [0.717, 1.165) is 22.6 Å². The van der Waals surface area contributed by atoms with Gasteiger partial charge >= 0.3 is 0 Å². The molecule has 2 rings (SSSR count). The molecule has 0 aliphatic heterocycles. The molecule has 0 bridgehead atoms. The van der Waals surface area contributed by atoms with E-state index in [1.54, 1.807) is 14.2 Å². The quantitative estimate of drug-likeness (QED) is 0.915. The molecule has 21 heavy (non-hydrogen) atoms. The maximum Gasteiger partial charge on any atom is 0.122 e. The highest BCUT2D eigenvalue weighted by atomic mass is 16.5. The summed E-state index contributed by atoms with van der Waals surface area (Å²) in [5.74, 6) is 1.69. The molecule has 1 unspecified atom stereocenters. The Morgan fingerprint density at radius 3 is 2.48 bits per heavy atom. The molecule has 2 N–H and O–H groups in total. The minimum Gasteiger partial charge on any atom is -0.497 e. The predicted molar refractivity (Wildman–Crippen MR) is 86.0 cm³/mol. The third kappa shape index (κ3) is 3.56. The molecule has 0 aliphatic rings. The first-order chi connectivity index (χ1) is 9.96. The number of benzene rings is 2. The van der Waals surface area contributed by atoms with E-state index in [2.05, 4.69) is 13.0 Å². The van der Waals surface area contributed by atoms with Crippen LogP contribution in [-0.4, -0.2) is 14.2 Å². The Bertz CT molecular complexity index is 620. The van der Waals surface area contributed by atoms with E-state index < -0.39 is 5.54 Å². The van der Waals surface area contributed by atoms with Crippen molar-refractivity contribution in [2.24, 2.45) is 5.73 Å². The van der Waals surface area contributed by atoms with Gasteiger partial charge in [0, 0.05) is 5.54 Å². The fraction of sp³-hybridized carbons (Fsp3) is 0.333. The van der Waals surface area contributed by atoms with Crippen molar-refractivity contribution >= 4 is 0 Å². The van der Waals surface area contributed by atoms with Crippen molar-refractivity contribution in [3.63, 3.8) is 0 Å². The average Bonchev–Trinajstić information content (AvgIpc) is 2.47. The molecule has 0 aliphatic carbocycles. The summed E-state index contributed by atoms with van der Waals surface area (Å²) in [6, 6.07) is 14.1. The van der Waals surface area contributed by atoms with Crippen molar-refractivity contribution in [1.82, 2.24) is 0 Å². The Morgan fingerprint density at radius 1 is 1.05 bits per heavy atom. The molecule has 2 aromatic rings. The van der Waals surface area contributed by atoms with Crippen LogP contribution in [0.2, 0.25) is 0 Å². The predicted octanol–water partition coefficient (Wildman–Crippen LogP) is 3.43. The molecule has 0 saturated heterocycles. The topological polar surface area (TPSA) is 44.5 Å². The van der Waals surface area contributed by atoms with Crippen molar-refractivity contribution in [3.05, 3.63) is 59.2 Å². The van der Waals surface area contributed by atoms with E-state index in [4.69, 9.17) is 15.2 Å². The Kier molecular flexibility index (Phi) is 4.53. The smallest absolute Gasteiger partial charge is 0.122 e. The van der Waals surface area contributed by atoms with Crippen LogP contribution in [-0.2, 0) is 12.0 Å². The number of aryl methyl sites for hydroxylation is 1. The summed E-state index contributed by atoms with van der Waals surface area (Å²) in [7, 11) is 3.35. The molecule has 112 valence electrons. The van der Waals surface area contributed by atoms with Crippen molar-refractivity contribution < 1.29 is 9.47 Å². The maximum atomic E-state index is 6.56. The minimum atomic E-state index is -0.490. The zero-order chi connectivity index (χ0) is 15.5. The summed E-state index contributed by atoms with van der Waals surface area (Å²) in [4.78, 5) is 0. The Morgan fingerprint density at radius 2 is 1.81 bits per heavy atom. The minimum absolute atomic E-state index is 0.490. The van der Waals surface area contributed by atoms with Crippen molar-refractivity contribution in [1.29, 1.82) is 0 Å². The second kappa shape index (κ2) is 6.19. The molecular formula is C18H23NO2. The van der Waals surface area contributed by atoms with Crippen LogP contribution in [0.1, 0.15) is 23.6 Å². The third-order valence-electron chi connectivity index (χ3n) is 3.72. The highest BCUT2D eigenvalue weighted by molar-refractivity contribution is 5.40. The second-order valence-corrected chi connectivity index (χ2v) is 5.64. The van der Waals surface area contributed by atoms with Gasteiger partial charge in [0.05, 0.1) is 14.2 Å². The van der Waals surface area contributed by atoms with E-state index in [1.807, 2.05) is 43.3 Å². The van der Waals surface area contributed by atoms with E-state index in [9.17, 15) is 0 Å².